The Morgan fingerprint density at radius 3 is 2.86 bits per heavy atom. The minimum atomic E-state index is -0.685. The number of nitrogens with one attached hydrogen (secondary N) is 1. The Labute approximate surface area is 122 Å². The van der Waals surface area contributed by atoms with Crippen molar-refractivity contribution in [2.75, 3.05) is 13.1 Å². The van der Waals surface area contributed by atoms with Gasteiger partial charge in [0, 0.05) is 36.5 Å². The van der Waals surface area contributed by atoms with Gasteiger partial charge in [0.05, 0.1) is 0 Å². The normalized spacial score (nSPS) is 19.4. The second-order valence-electron chi connectivity index (χ2n) is 5.15. The molecule has 1 aromatic carbocycles. The van der Waals surface area contributed by atoms with Gasteiger partial charge in [-0.1, -0.05) is 6.07 Å². The third-order valence-electron chi connectivity index (χ3n) is 3.69. The lowest BCUT2D eigenvalue weighted by atomic mass is 9.96. The lowest BCUT2D eigenvalue weighted by Gasteiger charge is -2.24. The molecule has 110 valence electrons. The molecule has 3 nitrogen and oxygen atoms in total. The second-order valence-corrected chi connectivity index (χ2v) is 5.15. The number of aromatic nitrogens is 1. The molecule has 1 aliphatic rings. The SMILES string of the molecule is Fc1ccc(OC(c2cccnc2)C2CCNC2)c(F)c1. The van der Waals surface area contributed by atoms with Crippen molar-refractivity contribution in [2.24, 2.45) is 5.92 Å². The van der Waals surface area contributed by atoms with E-state index in [1.807, 2.05) is 12.1 Å². The van der Waals surface area contributed by atoms with Crippen LogP contribution in [-0.2, 0) is 0 Å². The van der Waals surface area contributed by atoms with E-state index in [0.717, 1.165) is 31.1 Å². The highest BCUT2D eigenvalue weighted by Gasteiger charge is 2.29. The largest absolute Gasteiger partial charge is 0.482 e. The Kier molecular flexibility index (Phi) is 4.10. The number of pyridine rings is 1. The van der Waals surface area contributed by atoms with Crippen LogP contribution in [0.1, 0.15) is 18.1 Å². The molecule has 2 aromatic rings. The first-order valence-corrected chi connectivity index (χ1v) is 6.96. The zero-order valence-electron chi connectivity index (χ0n) is 11.4. The topological polar surface area (TPSA) is 34.1 Å². The molecule has 2 unspecified atom stereocenters. The minimum Gasteiger partial charge on any atom is -0.482 e. The van der Waals surface area contributed by atoms with E-state index in [1.54, 1.807) is 12.4 Å². The second kappa shape index (κ2) is 6.18. The Hall–Kier alpha value is -2.01. The third-order valence-corrected chi connectivity index (χ3v) is 3.69. The summed E-state index contributed by atoms with van der Waals surface area (Å²) in [4.78, 5) is 4.10. The van der Waals surface area contributed by atoms with Crippen LogP contribution in [0.15, 0.2) is 42.7 Å². The standard InChI is InChI=1S/C16H16F2N2O/c17-13-3-4-15(14(18)8-13)21-16(12-5-7-20-10-12)11-2-1-6-19-9-11/h1-4,6,8-9,12,16,20H,5,7,10H2. The highest BCUT2D eigenvalue weighted by atomic mass is 19.1. The van der Waals surface area contributed by atoms with E-state index >= 15 is 0 Å². The molecule has 1 N–H and O–H groups in total. The Bertz CT molecular complexity index is 600. The van der Waals surface area contributed by atoms with Crippen LogP contribution in [0, 0.1) is 17.6 Å². The fraction of sp³-hybridized carbons (Fsp3) is 0.312. The van der Waals surface area contributed by atoms with Crippen LogP contribution in [0.5, 0.6) is 5.75 Å². The average Bonchev–Trinajstić information content (AvgIpc) is 3.01. The van der Waals surface area contributed by atoms with E-state index in [0.29, 0.717) is 0 Å². The summed E-state index contributed by atoms with van der Waals surface area (Å²) in [6.07, 6.45) is 4.06. The van der Waals surface area contributed by atoms with Crippen LogP contribution in [-0.4, -0.2) is 18.1 Å². The quantitative estimate of drug-likeness (QED) is 0.939. The lowest BCUT2D eigenvalue weighted by molar-refractivity contribution is 0.137. The van der Waals surface area contributed by atoms with E-state index in [2.05, 4.69) is 10.3 Å². The van der Waals surface area contributed by atoms with Crippen LogP contribution >= 0.6 is 0 Å². The number of hydrogen-bond donors (Lipinski definition) is 1. The molecule has 2 atom stereocenters. The molecule has 1 fully saturated rings. The molecular weight excluding hydrogens is 274 g/mol. The number of hydrogen-bond acceptors (Lipinski definition) is 3. The molecule has 1 aliphatic heterocycles. The molecule has 0 radical (unpaired) electrons. The summed E-state index contributed by atoms with van der Waals surface area (Å²) in [5.41, 5.74) is 0.898. The van der Waals surface area contributed by atoms with Crippen LogP contribution in [0.3, 0.4) is 0 Å². The fourth-order valence-electron chi connectivity index (χ4n) is 2.62. The zero-order chi connectivity index (χ0) is 14.7. The molecule has 2 heterocycles. The van der Waals surface area contributed by atoms with Gasteiger partial charge >= 0.3 is 0 Å². The number of nitrogens with zero attached hydrogens (tertiary/aromatic N) is 1. The maximum atomic E-state index is 13.8. The Balaban J connectivity index is 1.88. The van der Waals surface area contributed by atoms with Gasteiger partial charge in [0.15, 0.2) is 11.6 Å². The van der Waals surface area contributed by atoms with Crippen LogP contribution in [0.4, 0.5) is 8.78 Å². The lowest BCUT2D eigenvalue weighted by Crippen LogP contribution is -2.22. The van der Waals surface area contributed by atoms with Crippen molar-refractivity contribution in [2.45, 2.75) is 12.5 Å². The molecule has 3 rings (SSSR count). The van der Waals surface area contributed by atoms with E-state index in [1.165, 1.54) is 12.1 Å². The molecule has 0 bridgehead atoms. The Morgan fingerprint density at radius 2 is 2.19 bits per heavy atom. The molecule has 0 spiro atoms. The molecule has 5 heteroatoms. The van der Waals surface area contributed by atoms with Crippen molar-refractivity contribution in [1.29, 1.82) is 0 Å². The first-order valence-electron chi connectivity index (χ1n) is 6.96. The van der Waals surface area contributed by atoms with Gasteiger partial charge in [-0.2, -0.15) is 0 Å². The van der Waals surface area contributed by atoms with E-state index < -0.39 is 11.6 Å². The molecule has 0 saturated carbocycles. The summed E-state index contributed by atoms with van der Waals surface area (Å²) in [5, 5.41) is 3.28. The Morgan fingerprint density at radius 1 is 1.29 bits per heavy atom. The number of rotatable bonds is 4. The van der Waals surface area contributed by atoms with Crippen molar-refractivity contribution in [3.63, 3.8) is 0 Å². The summed E-state index contributed by atoms with van der Waals surface area (Å²) in [5.74, 6) is -0.994. The first kappa shape index (κ1) is 13.9. The maximum Gasteiger partial charge on any atom is 0.168 e. The van der Waals surface area contributed by atoms with Gasteiger partial charge < -0.3 is 10.1 Å². The van der Waals surface area contributed by atoms with Gasteiger partial charge in [0.1, 0.15) is 11.9 Å². The fourth-order valence-corrected chi connectivity index (χ4v) is 2.62. The van der Waals surface area contributed by atoms with E-state index in [4.69, 9.17) is 4.74 Å². The van der Waals surface area contributed by atoms with Gasteiger partial charge in [-0.15, -0.1) is 0 Å². The van der Waals surface area contributed by atoms with Gasteiger partial charge in [-0.3, -0.25) is 4.98 Å². The van der Waals surface area contributed by atoms with Gasteiger partial charge in [0.25, 0.3) is 0 Å². The zero-order valence-corrected chi connectivity index (χ0v) is 11.4. The minimum absolute atomic E-state index is 0.0668. The smallest absolute Gasteiger partial charge is 0.168 e. The predicted octanol–water partition coefficient (Wildman–Crippen LogP) is 3.09. The van der Waals surface area contributed by atoms with Crippen molar-refractivity contribution >= 4 is 0 Å². The summed E-state index contributed by atoms with van der Waals surface area (Å²) >= 11 is 0. The third kappa shape index (κ3) is 3.19. The van der Waals surface area contributed by atoms with E-state index in [9.17, 15) is 8.78 Å². The molecule has 1 aromatic heterocycles. The summed E-state index contributed by atoms with van der Waals surface area (Å²) in [6, 6.07) is 7.11. The van der Waals surface area contributed by atoms with Crippen LogP contribution < -0.4 is 10.1 Å². The summed E-state index contributed by atoms with van der Waals surface area (Å²) in [7, 11) is 0. The van der Waals surface area contributed by atoms with Gasteiger partial charge in [-0.05, 0) is 31.2 Å². The average molecular weight is 290 g/mol. The number of benzene rings is 1. The van der Waals surface area contributed by atoms with Crippen molar-refractivity contribution < 1.29 is 13.5 Å². The van der Waals surface area contributed by atoms with Crippen LogP contribution in [0.2, 0.25) is 0 Å². The molecule has 0 amide bonds. The van der Waals surface area contributed by atoms with Crippen molar-refractivity contribution in [3.8, 4) is 5.75 Å². The maximum absolute atomic E-state index is 13.8. The van der Waals surface area contributed by atoms with Crippen molar-refractivity contribution in [3.05, 3.63) is 59.9 Å². The van der Waals surface area contributed by atoms with E-state index in [-0.39, 0.29) is 17.8 Å². The molecule has 0 aliphatic carbocycles. The van der Waals surface area contributed by atoms with Gasteiger partial charge in [-0.25, -0.2) is 8.78 Å². The molecule has 21 heavy (non-hydrogen) atoms. The first-order chi connectivity index (χ1) is 10.2. The predicted molar refractivity (Wildman–Crippen MR) is 74.9 cm³/mol. The highest BCUT2D eigenvalue weighted by molar-refractivity contribution is 5.26. The summed E-state index contributed by atoms with van der Waals surface area (Å²) in [6.45, 7) is 1.72. The monoisotopic (exact) mass is 290 g/mol. The van der Waals surface area contributed by atoms with Crippen LogP contribution in [0.25, 0.3) is 0 Å². The number of halogens is 2. The highest BCUT2D eigenvalue weighted by Crippen LogP contribution is 2.32. The van der Waals surface area contributed by atoms with Gasteiger partial charge in [0.2, 0.25) is 0 Å². The molecule has 1 saturated heterocycles. The van der Waals surface area contributed by atoms with Crippen molar-refractivity contribution in [1.82, 2.24) is 10.3 Å². The summed E-state index contributed by atoms with van der Waals surface area (Å²) < 4.78 is 32.7. The number of ether oxygens (including phenoxy) is 1. The molecular formula is C16H16F2N2O.